The second-order valence-corrected chi connectivity index (χ2v) is 6.01. The van der Waals surface area contributed by atoms with Crippen LogP contribution in [0.25, 0.3) is 11.1 Å². The van der Waals surface area contributed by atoms with Crippen molar-refractivity contribution in [2.75, 3.05) is 0 Å². The minimum Gasteiger partial charge on any atom is -0.508 e. The van der Waals surface area contributed by atoms with E-state index in [0.717, 1.165) is 53.7 Å². The van der Waals surface area contributed by atoms with Gasteiger partial charge in [-0.05, 0) is 61.1 Å². The summed E-state index contributed by atoms with van der Waals surface area (Å²) in [7, 11) is 0. The van der Waals surface area contributed by atoms with Gasteiger partial charge in [0.05, 0.1) is 0 Å². The van der Waals surface area contributed by atoms with Gasteiger partial charge in [0, 0.05) is 17.2 Å². The molecule has 0 saturated heterocycles. The van der Waals surface area contributed by atoms with Crippen LogP contribution >= 0.6 is 0 Å². The molecule has 1 saturated carbocycles. The third-order valence-electron chi connectivity index (χ3n) is 4.81. The second kappa shape index (κ2) is 4.17. The van der Waals surface area contributed by atoms with Crippen molar-refractivity contribution in [3.8, 4) is 28.4 Å². The van der Waals surface area contributed by atoms with E-state index in [1.54, 1.807) is 12.1 Å². The Kier molecular flexibility index (Phi) is 2.49. The molecule has 1 fully saturated rings. The van der Waals surface area contributed by atoms with Gasteiger partial charge in [-0.2, -0.15) is 0 Å². The zero-order valence-corrected chi connectivity index (χ0v) is 12.0. The topological polar surface area (TPSA) is 49.7 Å². The van der Waals surface area contributed by atoms with Crippen LogP contribution in [0.5, 0.6) is 17.2 Å². The van der Waals surface area contributed by atoms with Gasteiger partial charge in [0.1, 0.15) is 22.8 Å². The van der Waals surface area contributed by atoms with Crippen LogP contribution in [-0.2, 0) is 12.0 Å². The summed E-state index contributed by atoms with van der Waals surface area (Å²) in [6.45, 7) is 2.04. The number of rotatable bonds is 1. The Morgan fingerprint density at radius 3 is 2.57 bits per heavy atom. The van der Waals surface area contributed by atoms with Crippen LogP contribution in [0, 0.1) is 0 Å². The van der Waals surface area contributed by atoms with Crippen LogP contribution in [0.3, 0.4) is 0 Å². The van der Waals surface area contributed by atoms with E-state index in [-0.39, 0.29) is 11.4 Å². The molecule has 2 aromatic carbocycles. The maximum atomic E-state index is 10.2. The smallest absolute Gasteiger partial charge is 0.135 e. The third-order valence-corrected chi connectivity index (χ3v) is 4.81. The molecule has 4 rings (SSSR count). The molecule has 0 atom stereocenters. The number of benzene rings is 2. The Bertz CT molecular complexity index is 729. The van der Waals surface area contributed by atoms with E-state index in [9.17, 15) is 10.2 Å². The summed E-state index contributed by atoms with van der Waals surface area (Å²) in [5.74, 6) is 1.32. The van der Waals surface area contributed by atoms with E-state index in [1.165, 1.54) is 0 Å². The minimum atomic E-state index is -0.320. The van der Waals surface area contributed by atoms with E-state index in [4.69, 9.17) is 4.74 Å². The fraction of sp³-hybridized carbons (Fsp3) is 0.333. The number of aryl methyl sites for hydroxylation is 1. The Morgan fingerprint density at radius 1 is 1.10 bits per heavy atom. The van der Waals surface area contributed by atoms with Crippen LogP contribution in [0.4, 0.5) is 0 Å². The zero-order chi connectivity index (χ0) is 14.6. The molecule has 0 aromatic heterocycles. The molecular weight excluding hydrogens is 264 g/mol. The van der Waals surface area contributed by atoms with Gasteiger partial charge >= 0.3 is 0 Å². The van der Waals surface area contributed by atoms with E-state index in [2.05, 4.69) is 6.07 Å². The number of hydrogen-bond acceptors (Lipinski definition) is 3. The van der Waals surface area contributed by atoms with Crippen molar-refractivity contribution in [2.24, 2.45) is 0 Å². The molecule has 0 unspecified atom stereocenters. The van der Waals surface area contributed by atoms with Gasteiger partial charge in [-0.3, -0.25) is 0 Å². The molecule has 108 valence electrons. The van der Waals surface area contributed by atoms with E-state index < -0.39 is 0 Å². The Balaban J connectivity index is 2.00. The highest BCUT2D eigenvalue weighted by Crippen LogP contribution is 2.55. The van der Waals surface area contributed by atoms with E-state index in [1.807, 2.05) is 19.1 Å². The van der Waals surface area contributed by atoms with Gasteiger partial charge in [0.2, 0.25) is 0 Å². The molecule has 0 bridgehead atoms. The summed E-state index contributed by atoms with van der Waals surface area (Å²) in [4.78, 5) is 0. The largest absolute Gasteiger partial charge is 0.508 e. The van der Waals surface area contributed by atoms with Crippen LogP contribution in [0.1, 0.15) is 37.3 Å². The van der Waals surface area contributed by atoms with Gasteiger partial charge in [-0.1, -0.05) is 6.92 Å². The first-order valence-corrected chi connectivity index (χ1v) is 7.52. The van der Waals surface area contributed by atoms with Crippen molar-refractivity contribution >= 4 is 0 Å². The first-order chi connectivity index (χ1) is 10.1. The van der Waals surface area contributed by atoms with Gasteiger partial charge in [-0.25, -0.2) is 0 Å². The summed E-state index contributed by atoms with van der Waals surface area (Å²) in [5.41, 5.74) is 3.84. The number of phenolic OH excluding ortho intramolecular Hbond substituents is 2. The number of fused-ring (bicyclic) bond motifs is 4. The molecule has 1 spiro atoms. The van der Waals surface area contributed by atoms with Crippen LogP contribution in [0.15, 0.2) is 30.3 Å². The maximum Gasteiger partial charge on any atom is 0.135 e. The third kappa shape index (κ3) is 1.67. The molecular formula is C18H18O3. The lowest BCUT2D eigenvalue weighted by atomic mass is 9.70. The summed E-state index contributed by atoms with van der Waals surface area (Å²) < 4.78 is 6.22. The number of phenols is 2. The molecule has 2 aliphatic rings. The van der Waals surface area contributed by atoms with Crippen LogP contribution < -0.4 is 4.74 Å². The molecule has 1 aliphatic carbocycles. The van der Waals surface area contributed by atoms with Crippen molar-refractivity contribution < 1.29 is 14.9 Å². The van der Waals surface area contributed by atoms with Crippen LogP contribution in [-0.4, -0.2) is 10.2 Å². The highest BCUT2D eigenvalue weighted by Gasteiger charge is 2.46. The normalized spacial score (nSPS) is 17.6. The molecule has 1 aliphatic heterocycles. The molecule has 0 amide bonds. The predicted molar refractivity (Wildman–Crippen MR) is 80.7 cm³/mol. The Hall–Kier alpha value is -2.16. The first-order valence-electron chi connectivity index (χ1n) is 7.52. The second-order valence-electron chi connectivity index (χ2n) is 6.01. The van der Waals surface area contributed by atoms with Crippen molar-refractivity contribution in [3.05, 3.63) is 41.5 Å². The van der Waals surface area contributed by atoms with Crippen LogP contribution in [0.2, 0.25) is 0 Å². The monoisotopic (exact) mass is 282 g/mol. The fourth-order valence-corrected chi connectivity index (χ4v) is 3.47. The van der Waals surface area contributed by atoms with Crippen molar-refractivity contribution in [3.63, 3.8) is 0 Å². The number of hydrogen-bond donors (Lipinski definition) is 2. The van der Waals surface area contributed by atoms with Crippen molar-refractivity contribution in [1.29, 1.82) is 0 Å². The quantitative estimate of drug-likeness (QED) is 0.828. The molecule has 2 N–H and O–H groups in total. The lowest BCUT2D eigenvalue weighted by Gasteiger charge is -2.46. The number of aromatic hydroxyl groups is 2. The average Bonchev–Trinajstić information content (AvgIpc) is 2.43. The minimum absolute atomic E-state index is 0.223. The van der Waals surface area contributed by atoms with Crippen molar-refractivity contribution in [2.45, 2.75) is 38.2 Å². The standard InChI is InChI=1S/C18H18O3/c1-2-11-8-14-13-5-4-12(19)9-17(13)21-18(6-3-7-18)15(14)10-16(11)20/h4-5,8-10,19-20H,2-3,6-7H2,1H3. The van der Waals surface area contributed by atoms with Gasteiger partial charge in [0.15, 0.2) is 0 Å². The summed E-state index contributed by atoms with van der Waals surface area (Å²) >= 11 is 0. The molecule has 21 heavy (non-hydrogen) atoms. The Morgan fingerprint density at radius 2 is 1.90 bits per heavy atom. The molecule has 3 nitrogen and oxygen atoms in total. The SMILES string of the molecule is CCc1cc2c(cc1O)C1(CCC1)Oc1cc(O)ccc1-2. The van der Waals surface area contributed by atoms with Gasteiger partial charge in [0.25, 0.3) is 0 Å². The predicted octanol–water partition coefficient (Wildman–Crippen LogP) is 4.10. The van der Waals surface area contributed by atoms with Gasteiger partial charge < -0.3 is 14.9 Å². The maximum absolute atomic E-state index is 10.2. The summed E-state index contributed by atoms with van der Waals surface area (Å²) in [5, 5.41) is 19.9. The summed E-state index contributed by atoms with van der Waals surface area (Å²) in [6, 6.07) is 9.22. The first kappa shape index (κ1) is 12.6. The molecule has 1 heterocycles. The molecule has 3 heteroatoms. The lowest BCUT2D eigenvalue weighted by molar-refractivity contribution is -0.0146. The zero-order valence-electron chi connectivity index (χ0n) is 12.0. The number of ether oxygens (including phenoxy) is 1. The Labute approximate surface area is 123 Å². The summed E-state index contributed by atoms with van der Waals surface area (Å²) in [6.07, 6.45) is 3.84. The van der Waals surface area contributed by atoms with Crippen molar-refractivity contribution in [1.82, 2.24) is 0 Å². The van der Waals surface area contributed by atoms with E-state index in [0.29, 0.717) is 5.75 Å². The molecule has 2 aromatic rings. The fourth-order valence-electron chi connectivity index (χ4n) is 3.47. The van der Waals surface area contributed by atoms with E-state index >= 15 is 0 Å². The highest BCUT2D eigenvalue weighted by atomic mass is 16.5. The average molecular weight is 282 g/mol. The highest BCUT2D eigenvalue weighted by molar-refractivity contribution is 5.79. The lowest BCUT2D eigenvalue weighted by Crippen LogP contribution is -2.42. The van der Waals surface area contributed by atoms with Gasteiger partial charge in [-0.15, -0.1) is 0 Å². The molecule has 0 radical (unpaired) electrons.